The molecule has 5 aromatic rings. The van der Waals surface area contributed by atoms with Crippen LogP contribution in [0.25, 0.3) is 22.3 Å². The van der Waals surface area contributed by atoms with Crippen molar-refractivity contribution in [3.8, 4) is 17.0 Å². The number of halogens is 1. The Morgan fingerprint density at radius 1 is 1.14 bits per heavy atom. The molecule has 174 valence electrons. The first-order chi connectivity index (χ1) is 17.0. The molecule has 0 spiro atoms. The number of amides is 1. The third-order valence-electron chi connectivity index (χ3n) is 5.41. The average molecular weight is 487 g/mol. The number of H-pyrrole nitrogens is 1. The van der Waals surface area contributed by atoms with Crippen molar-refractivity contribution in [2.75, 3.05) is 12.5 Å². The number of ether oxygens (including phenoxy) is 1. The summed E-state index contributed by atoms with van der Waals surface area (Å²) in [5, 5.41) is 7.68. The van der Waals surface area contributed by atoms with E-state index < -0.39 is 11.5 Å². The summed E-state index contributed by atoms with van der Waals surface area (Å²) in [6.45, 7) is 0. The second kappa shape index (κ2) is 9.40. The number of fused-ring (bicyclic) bond motifs is 1. The van der Waals surface area contributed by atoms with Crippen molar-refractivity contribution < 1.29 is 9.53 Å². The van der Waals surface area contributed by atoms with Crippen LogP contribution < -0.4 is 15.7 Å². The van der Waals surface area contributed by atoms with Gasteiger partial charge in [-0.3, -0.25) is 25.1 Å². The second-order valence-electron chi connectivity index (χ2n) is 7.68. The number of pyridine rings is 1. The molecular formula is C25H19ClN6O3. The minimum Gasteiger partial charge on any atom is -0.497 e. The van der Waals surface area contributed by atoms with Gasteiger partial charge in [-0.15, -0.1) is 0 Å². The molecule has 0 bridgehead atoms. The molecule has 0 atom stereocenters. The van der Waals surface area contributed by atoms with E-state index in [1.54, 1.807) is 49.7 Å². The van der Waals surface area contributed by atoms with E-state index in [0.29, 0.717) is 33.4 Å². The maximum absolute atomic E-state index is 13.5. The van der Waals surface area contributed by atoms with E-state index >= 15 is 0 Å². The second-order valence-corrected chi connectivity index (χ2v) is 8.12. The highest BCUT2D eigenvalue weighted by Gasteiger charge is 2.20. The molecule has 0 aliphatic rings. The quantitative estimate of drug-likeness (QED) is 0.377. The molecule has 0 radical (unpaired) electrons. The predicted octanol–water partition coefficient (Wildman–Crippen LogP) is 3.82. The number of methoxy groups -OCH3 is 1. The lowest BCUT2D eigenvalue weighted by Crippen LogP contribution is -2.36. The lowest BCUT2D eigenvalue weighted by Gasteiger charge is -2.14. The fourth-order valence-electron chi connectivity index (χ4n) is 3.67. The zero-order valence-electron chi connectivity index (χ0n) is 18.5. The molecule has 35 heavy (non-hydrogen) atoms. The van der Waals surface area contributed by atoms with E-state index in [1.165, 1.54) is 6.20 Å². The topological polar surface area (TPSA) is 115 Å². The number of carbonyl (C=O) groups is 1. The van der Waals surface area contributed by atoms with Gasteiger partial charge in [0, 0.05) is 29.4 Å². The van der Waals surface area contributed by atoms with E-state index in [2.05, 4.69) is 20.6 Å². The molecular weight excluding hydrogens is 468 g/mol. The molecule has 3 aromatic heterocycles. The van der Waals surface area contributed by atoms with Gasteiger partial charge in [-0.1, -0.05) is 35.9 Å². The monoisotopic (exact) mass is 486 g/mol. The molecule has 2 N–H and O–H groups in total. The molecule has 2 aromatic carbocycles. The zero-order valence-corrected chi connectivity index (χ0v) is 19.3. The van der Waals surface area contributed by atoms with Crippen LogP contribution in [0, 0.1) is 0 Å². The smallest absolute Gasteiger partial charge is 0.298 e. The van der Waals surface area contributed by atoms with Crippen LogP contribution in [0.15, 0.2) is 77.9 Å². The van der Waals surface area contributed by atoms with Gasteiger partial charge in [0.25, 0.3) is 11.5 Å². The molecule has 10 heteroatoms. The van der Waals surface area contributed by atoms with Gasteiger partial charge in [0.05, 0.1) is 12.7 Å². The van der Waals surface area contributed by atoms with Crippen molar-refractivity contribution in [1.29, 1.82) is 0 Å². The van der Waals surface area contributed by atoms with Gasteiger partial charge in [0.1, 0.15) is 22.8 Å². The first kappa shape index (κ1) is 22.3. The highest BCUT2D eigenvalue weighted by molar-refractivity contribution is 6.30. The van der Waals surface area contributed by atoms with E-state index in [0.717, 1.165) is 15.8 Å². The molecule has 0 unspecified atom stereocenters. The number of rotatable bonds is 6. The Bertz CT molecular complexity index is 1580. The van der Waals surface area contributed by atoms with Gasteiger partial charge >= 0.3 is 0 Å². The molecule has 0 aliphatic carbocycles. The molecule has 9 nitrogen and oxygen atoms in total. The van der Waals surface area contributed by atoms with Crippen LogP contribution in [0.5, 0.6) is 5.75 Å². The van der Waals surface area contributed by atoms with E-state index in [9.17, 15) is 9.59 Å². The van der Waals surface area contributed by atoms with E-state index in [-0.39, 0.29) is 11.9 Å². The number of nitrogens with one attached hydrogen (secondary N) is 2. The van der Waals surface area contributed by atoms with Gasteiger partial charge in [-0.25, -0.2) is 9.66 Å². The van der Waals surface area contributed by atoms with Crippen LogP contribution in [0.3, 0.4) is 0 Å². The third kappa shape index (κ3) is 4.49. The molecule has 1 amide bonds. The Kier molecular flexibility index (Phi) is 5.99. The Morgan fingerprint density at radius 3 is 2.71 bits per heavy atom. The summed E-state index contributed by atoms with van der Waals surface area (Å²) in [4.78, 5) is 35.1. The summed E-state index contributed by atoms with van der Waals surface area (Å²) in [5.74, 6) is 0.498. The largest absolute Gasteiger partial charge is 0.497 e. The summed E-state index contributed by atoms with van der Waals surface area (Å²) in [5.41, 5.74) is 5.13. The van der Waals surface area contributed by atoms with Crippen molar-refractivity contribution in [3.05, 3.63) is 105 Å². The van der Waals surface area contributed by atoms with Crippen LogP contribution in [-0.4, -0.2) is 37.9 Å². The minimum atomic E-state index is -0.495. The summed E-state index contributed by atoms with van der Waals surface area (Å²) in [6, 6.07) is 17.7. The fraction of sp³-hybridized carbons (Fsp3) is 0.0800. The first-order valence-electron chi connectivity index (χ1n) is 10.6. The molecule has 0 fully saturated rings. The average Bonchev–Trinajstić information content (AvgIpc) is 3.31. The number of nitrogens with zero attached hydrogens (tertiary/aromatic N) is 4. The summed E-state index contributed by atoms with van der Waals surface area (Å²) >= 11 is 6.02. The Labute approximate surface area is 204 Å². The van der Waals surface area contributed by atoms with E-state index in [4.69, 9.17) is 21.3 Å². The Hall–Kier alpha value is -4.50. The zero-order chi connectivity index (χ0) is 24.4. The normalized spacial score (nSPS) is 10.9. The maximum Gasteiger partial charge on any atom is 0.298 e. The highest BCUT2D eigenvalue weighted by atomic mass is 35.5. The van der Waals surface area contributed by atoms with Crippen molar-refractivity contribution in [3.63, 3.8) is 0 Å². The lowest BCUT2D eigenvalue weighted by molar-refractivity contribution is 0.101. The summed E-state index contributed by atoms with van der Waals surface area (Å²) < 4.78 is 6.46. The number of aromatic amines is 1. The molecule has 0 saturated heterocycles. The van der Waals surface area contributed by atoms with E-state index in [1.807, 2.05) is 24.3 Å². The van der Waals surface area contributed by atoms with Crippen LogP contribution in [0.4, 0.5) is 0 Å². The maximum atomic E-state index is 13.5. The van der Waals surface area contributed by atoms with Crippen LogP contribution in [-0.2, 0) is 6.42 Å². The molecule has 5 rings (SSSR count). The molecule has 3 heterocycles. The standard InChI is InChI=1S/C25H19ClN6O3/c1-35-19-6-2-4-15(12-19)13-20-28-22-21(16-7-9-18(26)10-8-16)29-30-23(22)25(34)32(20)31-24(33)17-5-3-11-27-14-17/h2-12,14H,13H2,1H3,(H,29,30)(H,31,33). The number of carbonyl (C=O) groups excluding carboxylic acids is 1. The first-order valence-corrected chi connectivity index (χ1v) is 11.0. The van der Waals surface area contributed by atoms with Gasteiger partial charge < -0.3 is 4.74 Å². The summed E-state index contributed by atoms with van der Waals surface area (Å²) in [6.07, 6.45) is 3.23. The Balaban J connectivity index is 1.65. The van der Waals surface area contributed by atoms with Crippen molar-refractivity contribution in [2.45, 2.75) is 6.42 Å². The Morgan fingerprint density at radius 2 is 1.97 bits per heavy atom. The number of hydrogen-bond acceptors (Lipinski definition) is 6. The SMILES string of the molecule is COc1cccc(Cc2nc3c(-c4ccc(Cl)cc4)n[nH]c3c(=O)n2NC(=O)c2cccnc2)c1. The van der Waals surface area contributed by atoms with Gasteiger partial charge in [-0.05, 0) is 42.0 Å². The number of hydrogen-bond donors (Lipinski definition) is 2. The molecule has 0 aliphatic heterocycles. The lowest BCUT2D eigenvalue weighted by atomic mass is 10.1. The van der Waals surface area contributed by atoms with Crippen molar-refractivity contribution in [1.82, 2.24) is 24.8 Å². The fourth-order valence-corrected chi connectivity index (χ4v) is 3.80. The number of benzene rings is 2. The minimum absolute atomic E-state index is 0.163. The van der Waals surface area contributed by atoms with Gasteiger partial charge in [0.2, 0.25) is 0 Å². The van der Waals surface area contributed by atoms with Crippen LogP contribution in [0.2, 0.25) is 5.02 Å². The van der Waals surface area contributed by atoms with Gasteiger partial charge in [-0.2, -0.15) is 5.10 Å². The number of aromatic nitrogens is 5. The van der Waals surface area contributed by atoms with Crippen LogP contribution >= 0.6 is 11.6 Å². The van der Waals surface area contributed by atoms with Crippen LogP contribution in [0.1, 0.15) is 21.7 Å². The predicted molar refractivity (Wildman–Crippen MR) is 132 cm³/mol. The third-order valence-corrected chi connectivity index (χ3v) is 5.66. The summed E-state index contributed by atoms with van der Waals surface area (Å²) in [7, 11) is 1.58. The molecule has 0 saturated carbocycles. The van der Waals surface area contributed by atoms with Gasteiger partial charge in [0.15, 0.2) is 5.52 Å². The van der Waals surface area contributed by atoms with Crippen molar-refractivity contribution in [2.24, 2.45) is 0 Å². The highest BCUT2D eigenvalue weighted by Crippen LogP contribution is 2.25. The van der Waals surface area contributed by atoms with Crippen molar-refractivity contribution >= 4 is 28.5 Å².